The summed E-state index contributed by atoms with van der Waals surface area (Å²) in [4.78, 5) is 2.23. The van der Waals surface area contributed by atoms with Crippen LogP contribution in [0.1, 0.15) is 0 Å². The van der Waals surface area contributed by atoms with Gasteiger partial charge in [0.1, 0.15) is 0 Å². The molecule has 10 heavy (non-hydrogen) atoms. The number of halogens is 1. The monoisotopic (exact) mass is 234 g/mol. The summed E-state index contributed by atoms with van der Waals surface area (Å²) in [6.07, 6.45) is 2.05. The molecule has 0 nitrogen and oxygen atoms in total. The first-order valence-electron chi connectivity index (χ1n) is 2.76. The molecule has 0 amide bonds. The van der Waals surface area contributed by atoms with Crippen LogP contribution >= 0.6 is 40.3 Å². The van der Waals surface area contributed by atoms with Crippen LogP contribution in [-0.2, 0) is 0 Å². The maximum atomic E-state index is 4.23. The first kappa shape index (κ1) is 8.50. The molecule has 0 aliphatic carbocycles. The number of thioether (sulfide) groups is 1. The molecule has 1 aromatic rings. The molecule has 1 rings (SSSR count). The second-order valence-corrected chi connectivity index (χ2v) is 4.16. The lowest BCUT2D eigenvalue weighted by molar-refractivity contribution is 1.32. The fourth-order valence-corrected chi connectivity index (χ4v) is 2.34. The Morgan fingerprint density at radius 3 is 2.60 bits per heavy atom. The number of thiol groups is 1. The lowest BCUT2D eigenvalue weighted by Gasteiger charge is -1.98. The molecule has 0 aliphatic rings. The van der Waals surface area contributed by atoms with Gasteiger partial charge in [0.2, 0.25) is 0 Å². The Kier molecular flexibility index (Phi) is 3.14. The Labute approximate surface area is 78.9 Å². The van der Waals surface area contributed by atoms with Crippen LogP contribution < -0.4 is 0 Å². The van der Waals surface area contributed by atoms with Crippen LogP contribution in [0.3, 0.4) is 0 Å². The van der Waals surface area contributed by atoms with Gasteiger partial charge in [-0.15, -0.1) is 24.4 Å². The minimum atomic E-state index is 0.999. The third kappa shape index (κ3) is 2.22. The zero-order chi connectivity index (χ0) is 7.56. The number of hydrogen-bond acceptors (Lipinski definition) is 2. The average molecular weight is 235 g/mol. The van der Waals surface area contributed by atoms with Gasteiger partial charge < -0.3 is 0 Å². The van der Waals surface area contributed by atoms with Gasteiger partial charge in [0.05, 0.1) is 0 Å². The molecular weight excluding hydrogens is 228 g/mol. The summed E-state index contributed by atoms with van der Waals surface area (Å²) in [6.45, 7) is 0. The van der Waals surface area contributed by atoms with Crippen molar-refractivity contribution in [2.75, 3.05) is 6.26 Å². The summed E-state index contributed by atoms with van der Waals surface area (Å²) in [6, 6.07) is 6.09. The van der Waals surface area contributed by atoms with E-state index in [1.165, 1.54) is 4.90 Å². The van der Waals surface area contributed by atoms with Gasteiger partial charge in [0, 0.05) is 14.3 Å². The molecule has 0 heterocycles. The lowest BCUT2D eigenvalue weighted by atomic mass is 10.4. The van der Waals surface area contributed by atoms with Gasteiger partial charge in [-0.3, -0.25) is 0 Å². The van der Waals surface area contributed by atoms with Crippen LogP contribution in [0.4, 0.5) is 0 Å². The highest BCUT2D eigenvalue weighted by Gasteiger charge is 1.93. The van der Waals surface area contributed by atoms with E-state index in [0.29, 0.717) is 0 Å². The standard InChI is InChI=1S/C7H7BrS2/c1-10-7-3-5(8)2-6(9)4-7/h2-4,9H,1H3. The zero-order valence-electron chi connectivity index (χ0n) is 5.47. The molecule has 0 saturated heterocycles. The largest absolute Gasteiger partial charge is 0.143 e. The van der Waals surface area contributed by atoms with E-state index in [4.69, 9.17) is 0 Å². The van der Waals surface area contributed by atoms with Gasteiger partial charge >= 0.3 is 0 Å². The van der Waals surface area contributed by atoms with E-state index in [0.717, 1.165) is 9.37 Å². The molecule has 0 spiro atoms. The van der Waals surface area contributed by atoms with Crippen molar-refractivity contribution in [3.05, 3.63) is 22.7 Å². The molecule has 0 bridgehead atoms. The molecular formula is C7H7BrS2. The molecule has 0 aliphatic heterocycles. The highest BCUT2D eigenvalue weighted by atomic mass is 79.9. The minimum absolute atomic E-state index is 0.999. The maximum Gasteiger partial charge on any atom is 0.0197 e. The predicted molar refractivity (Wildman–Crippen MR) is 53.2 cm³/mol. The fourth-order valence-electron chi connectivity index (χ4n) is 0.666. The van der Waals surface area contributed by atoms with Crippen molar-refractivity contribution in [2.24, 2.45) is 0 Å². The smallest absolute Gasteiger partial charge is 0.0197 e. The molecule has 0 unspecified atom stereocenters. The van der Waals surface area contributed by atoms with Crippen LogP contribution in [0.25, 0.3) is 0 Å². The van der Waals surface area contributed by atoms with E-state index in [-0.39, 0.29) is 0 Å². The number of rotatable bonds is 1. The van der Waals surface area contributed by atoms with Crippen molar-refractivity contribution >= 4 is 40.3 Å². The van der Waals surface area contributed by atoms with Crippen molar-refractivity contribution in [2.45, 2.75) is 9.79 Å². The highest BCUT2D eigenvalue weighted by molar-refractivity contribution is 9.10. The van der Waals surface area contributed by atoms with Crippen molar-refractivity contribution in [1.29, 1.82) is 0 Å². The molecule has 0 saturated carbocycles. The van der Waals surface area contributed by atoms with Gasteiger partial charge in [-0.1, -0.05) is 15.9 Å². The SMILES string of the molecule is CSc1cc(S)cc(Br)c1. The summed E-state index contributed by atoms with van der Waals surface area (Å²) >= 11 is 9.34. The number of benzene rings is 1. The second kappa shape index (κ2) is 3.69. The summed E-state index contributed by atoms with van der Waals surface area (Å²) in [5.41, 5.74) is 0. The van der Waals surface area contributed by atoms with Gasteiger partial charge in [-0.25, -0.2) is 0 Å². The molecule has 0 atom stereocenters. The van der Waals surface area contributed by atoms with Crippen molar-refractivity contribution in [1.82, 2.24) is 0 Å². The first-order chi connectivity index (χ1) is 4.72. The molecule has 0 N–H and O–H groups in total. The maximum absolute atomic E-state index is 4.23. The summed E-state index contributed by atoms with van der Waals surface area (Å²) in [7, 11) is 0. The fraction of sp³-hybridized carbons (Fsp3) is 0.143. The molecule has 0 aromatic heterocycles. The first-order valence-corrected chi connectivity index (χ1v) is 5.22. The Morgan fingerprint density at radius 1 is 1.40 bits per heavy atom. The Bertz CT molecular complexity index is 215. The Balaban J connectivity index is 3.06. The van der Waals surface area contributed by atoms with E-state index >= 15 is 0 Å². The van der Waals surface area contributed by atoms with Crippen molar-refractivity contribution < 1.29 is 0 Å². The van der Waals surface area contributed by atoms with Crippen molar-refractivity contribution in [3.63, 3.8) is 0 Å². The Hall–Kier alpha value is 0.400. The minimum Gasteiger partial charge on any atom is -0.143 e. The van der Waals surface area contributed by atoms with Crippen molar-refractivity contribution in [3.8, 4) is 0 Å². The van der Waals surface area contributed by atoms with E-state index in [1.807, 2.05) is 12.1 Å². The van der Waals surface area contributed by atoms with E-state index < -0.39 is 0 Å². The third-order valence-electron chi connectivity index (χ3n) is 1.09. The second-order valence-electron chi connectivity index (χ2n) is 1.85. The van der Waals surface area contributed by atoms with E-state index in [9.17, 15) is 0 Å². The van der Waals surface area contributed by atoms with Gasteiger partial charge in [0.15, 0.2) is 0 Å². The molecule has 3 heteroatoms. The quantitative estimate of drug-likeness (QED) is 0.574. The van der Waals surface area contributed by atoms with Crippen LogP contribution in [0, 0.1) is 0 Å². The highest BCUT2D eigenvalue weighted by Crippen LogP contribution is 2.23. The lowest BCUT2D eigenvalue weighted by Crippen LogP contribution is -1.71. The molecule has 54 valence electrons. The summed E-state index contributed by atoms with van der Waals surface area (Å²) < 4.78 is 1.09. The molecule has 0 radical (unpaired) electrons. The topological polar surface area (TPSA) is 0 Å². The molecule has 0 fully saturated rings. The average Bonchev–Trinajstić information content (AvgIpc) is 1.85. The Morgan fingerprint density at radius 2 is 2.10 bits per heavy atom. The normalized spacial score (nSPS) is 9.90. The number of hydrogen-bond donors (Lipinski definition) is 1. The van der Waals surface area contributed by atoms with E-state index in [2.05, 4.69) is 40.9 Å². The van der Waals surface area contributed by atoms with Gasteiger partial charge in [-0.05, 0) is 24.5 Å². The predicted octanol–water partition coefficient (Wildman–Crippen LogP) is 3.46. The van der Waals surface area contributed by atoms with Crippen LogP contribution in [0.2, 0.25) is 0 Å². The van der Waals surface area contributed by atoms with Crippen LogP contribution in [0.5, 0.6) is 0 Å². The molecule has 1 aromatic carbocycles. The third-order valence-corrected chi connectivity index (χ3v) is 2.51. The van der Waals surface area contributed by atoms with E-state index in [1.54, 1.807) is 11.8 Å². The van der Waals surface area contributed by atoms with Gasteiger partial charge in [-0.2, -0.15) is 0 Å². The summed E-state index contributed by atoms with van der Waals surface area (Å²) in [5.74, 6) is 0. The summed E-state index contributed by atoms with van der Waals surface area (Å²) in [5, 5.41) is 0. The van der Waals surface area contributed by atoms with Crippen LogP contribution in [0.15, 0.2) is 32.5 Å². The van der Waals surface area contributed by atoms with Gasteiger partial charge in [0.25, 0.3) is 0 Å². The zero-order valence-corrected chi connectivity index (χ0v) is 8.76. The van der Waals surface area contributed by atoms with Crippen LogP contribution in [-0.4, -0.2) is 6.26 Å².